The second-order valence-corrected chi connectivity index (χ2v) is 9.40. The van der Waals surface area contributed by atoms with Crippen molar-refractivity contribution in [3.05, 3.63) is 62.0 Å². The van der Waals surface area contributed by atoms with E-state index in [1.165, 1.54) is 16.7 Å². The van der Waals surface area contributed by atoms with Crippen LogP contribution in [0.4, 0.5) is 5.13 Å². The number of aryl methyl sites for hydroxylation is 2. The van der Waals surface area contributed by atoms with Crippen LogP contribution in [0.5, 0.6) is 5.75 Å². The van der Waals surface area contributed by atoms with Gasteiger partial charge in [0.2, 0.25) is 5.91 Å². The molecule has 3 aromatic rings. The van der Waals surface area contributed by atoms with Crippen LogP contribution in [0.2, 0.25) is 0 Å². The molecule has 0 fully saturated rings. The van der Waals surface area contributed by atoms with Crippen molar-refractivity contribution in [1.82, 2.24) is 19.9 Å². The predicted molar refractivity (Wildman–Crippen MR) is 129 cm³/mol. The number of anilines is 1. The predicted octanol–water partition coefficient (Wildman–Crippen LogP) is 3.03. The minimum atomic E-state index is -0.403. The van der Waals surface area contributed by atoms with Crippen LogP contribution < -0.4 is 15.6 Å². The van der Waals surface area contributed by atoms with Crippen LogP contribution in [-0.4, -0.2) is 52.9 Å². The van der Waals surface area contributed by atoms with Crippen molar-refractivity contribution < 1.29 is 14.3 Å². The molecule has 0 aliphatic heterocycles. The van der Waals surface area contributed by atoms with Gasteiger partial charge in [0.15, 0.2) is 10.3 Å². The number of thioether (sulfide) groups is 1. The van der Waals surface area contributed by atoms with E-state index in [9.17, 15) is 14.4 Å². The molecule has 3 rings (SSSR count). The lowest BCUT2D eigenvalue weighted by Crippen LogP contribution is -2.23. The molecular formula is C22H25N5O4S2. The number of ether oxygens (including phenoxy) is 1. The third kappa shape index (κ3) is 6.20. The molecule has 2 N–H and O–H groups in total. The number of nitrogens with zero attached hydrogens (tertiary/aromatic N) is 3. The maximum absolute atomic E-state index is 12.6. The maximum atomic E-state index is 12.6. The Balaban J connectivity index is 1.66. The molecule has 0 spiro atoms. The van der Waals surface area contributed by atoms with Gasteiger partial charge in [-0.05, 0) is 31.5 Å². The SMILES string of the molecule is COc1cccc(CSc2nc(C)c(CC(=O)Nc3nc(C)c(C(=O)N(C)C)s3)c(=O)[nH]2)c1. The average Bonchev–Trinajstić information content (AvgIpc) is 3.13. The number of H-pyrrole nitrogens is 1. The average molecular weight is 488 g/mol. The third-order valence-electron chi connectivity index (χ3n) is 4.69. The molecule has 0 saturated heterocycles. The minimum absolute atomic E-state index is 0.148. The highest BCUT2D eigenvalue weighted by molar-refractivity contribution is 7.98. The Morgan fingerprint density at radius 3 is 2.64 bits per heavy atom. The zero-order valence-corrected chi connectivity index (χ0v) is 20.6. The molecule has 0 atom stereocenters. The summed E-state index contributed by atoms with van der Waals surface area (Å²) in [6, 6.07) is 7.67. The monoisotopic (exact) mass is 487 g/mol. The summed E-state index contributed by atoms with van der Waals surface area (Å²) in [6.45, 7) is 3.42. The molecule has 2 heterocycles. The molecule has 0 aliphatic rings. The quantitative estimate of drug-likeness (QED) is 0.370. The Hall–Kier alpha value is -3.18. The smallest absolute Gasteiger partial charge is 0.265 e. The summed E-state index contributed by atoms with van der Waals surface area (Å²) in [5, 5.41) is 3.47. The number of hydrogen-bond acceptors (Lipinski definition) is 8. The molecule has 0 saturated carbocycles. The van der Waals surface area contributed by atoms with Crippen molar-refractivity contribution >= 4 is 40.0 Å². The number of nitrogens with one attached hydrogen (secondary N) is 2. The lowest BCUT2D eigenvalue weighted by Gasteiger charge is -2.08. The lowest BCUT2D eigenvalue weighted by molar-refractivity contribution is -0.115. The number of aromatic amines is 1. The fourth-order valence-electron chi connectivity index (χ4n) is 2.95. The second kappa shape index (κ2) is 10.6. The van der Waals surface area contributed by atoms with Crippen LogP contribution in [0.3, 0.4) is 0 Å². The van der Waals surface area contributed by atoms with E-state index < -0.39 is 5.91 Å². The van der Waals surface area contributed by atoms with Gasteiger partial charge in [0.25, 0.3) is 11.5 Å². The molecule has 33 heavy (non-hydrogen) atoms. The Kier molecular flexibility index (Phi) is 7.88. The Labute approximate surface area is 199 Å². The van der Waals surface area contributed by atoms with E-state index in [1.807, 2.05) is 24.3 Å². The summed E-state index contributed by atoms with van der Waals surface area (Å²) in [5.74, 6) is 0.793. The van der Waals surface area contributed by atoms with E-state index in [0.717, 1.165) is 22.6 Å². The van der Waals surface area contributed by atoms with Gasteiger partial charge in [0, 0.05) is 31.1 Å². The van der Waals surface area contributed by atoms with Crippen molar-refractivity contribution in [3.63, 3.8) is 0 Å². The summed E-state index contributed by atoms with van der Waals surface area (Å²) in [7, 11) is 4.92. The Morgan fingerprint density at radius 2 is 1.97 bits per heavy atom. The Morgan fingerprint density at radius 1 is 1.21 bits per heavy atom. The van der Waals surface area contributed by atoms with Gasteiger partial charge in [0.05, 0.1) is 19.2 Å². The summed E-state index contributed by atoms with van der Waals surface area (Å²) >= 11 is 2.50. The van der Waals surface area contributed by atoms with Crippen LogP contribution in [0.15, 0.2) is 34.2 Å². The summed E-state index contributed by atoms with van der Waals surface area (Å²) in [6.07, 6.45) is -0.148. The van der Waals surface area contributed by atoms with Gasteiger partial charge in [-0.25, -0.2) is 9.97 Å². The van der Waals surface area contributed by atoms with Crippen molar-refractivity contribution in [1.29, 1.82) is 0 Å². The molecule has 174 valence electrons. The van der Waals surface area contributed by atoms with Crippen LogP contribution in [0, 0.1) is 13.8 Å². The molecule has 11 heteroatoms. The third-order valence-corrected chi connectivity index (χ3v) is 6.70. The first-order chi connectivity index (χ1) is 15.7. The van der Waals surface area contributed by atoms with E-state index in [-0.39, 0.29) is 23.5 Å². The number of thiazole rings is 1. The summed E-state index contributed by atoms with van der Waals surface area (Å²) in [5.41, 5.74) is 2.00. The maximum Gasteiger partial charge on any atom is 0.265 e. The topological polar surface area (TPSA) is 117 Å². The van der Waals surface area contributed by atoms with Crippen LogP contribution >= 0.6 is 23.1 Å². The number of methoxy groups -OCH3 is 1. The van der Waals surface area contributed by atoms with Gasteiger partial charge in [-0.3, -0.25) is 14.4 Å². The normalized spacial score (nSPS) is 10.7. The van der Waals surface area contributed by atoms with E-state index in [1.54, 1.807) is 35.1 Å². The van der Waals surface area contributed by atoms with Gasteiger partial charge < -0.3 is 19.9 Å². The molecule has 1 aromatic carbocycles. The zero-order valence-electron chi connectivity index (χ0n) is 19.0. The number of carbonyl (C=O) groups excluding carboxylic acids is 2. The minimum Gasteiger partial charge on any atom is -0.497 e. The first-order valence-corrected chi connectivity index (χ1v) is 11.8. The van der Waals surface area contributed by atoms with Crippen molar-refractivity contribution in [3.8, 4) is 5.75 Å². The second-order valence-electron chi connectivity index (χ2n) is 7.43. The highest BCUT2D eigenvalue weighted by atomic mass is 32.2. The van der Waals surface area contributed by atoms with E-state index in [0.29, 0.717) is 32.3 Å². The molecule has 2 amide bonds. The highest BCUT2D eigenvalue weighted by Crippen LogP contribution is 2.24. The van der Waals surface area contributed by atoms with Crippen molar-refractivity contribution in [2.75, 3.05) is 26.5 Å². The fraction of sp³-hybridized carbons (Fsp3) is 0.318. The fourth-order valence-corrected chi connectivity index (χ4v) is 4.80. The molecule has 9 nitrogen and oxygen atoms in total. The molecule has 0 aliphatic carbocycles. The van der Waals surface area contributed by atoms with E-state index in [4.69, 9.17) is 4.74 Å². The lowest BCUT2D eigenvalue weighted by atomic mass is 10.1. The van der Waals surface area contributed by atoms with Crippen LogP contribution in [-0.2, 0) is 17.0 Å². The number of rotatable bonds is 8. The number of aromatic nitrogens is 3. The number of benzene rings is 1. The number of amides is 2. The molecule has 0 bridgehead atoms. The van der Waals surface area contributed by atoms with Crippen molar-refractivity contribution in [2.24, 2.45) is 0 Å². The van der Waals surface area contributed by atoms with Crippen LogP contribution in [0.25, 0.3) is 0 Å². The highest BCUT2D eigenvalue weighted by Gasteiger charge is 2.19. The number of carbonyl (C=O) groups is 2. The van der Waals surface area contributed by atoms with Gasteiger partial charge >= 0.3 is 0 Å². The van der Waals surface area contributed by atoms with Gasteiger partial charge in [-0.2, -0.15) is 0 Å². The van der Waals surface area contributed by atoms with Gasteiger partial charge in [-0.1, -0.05) is 35.2 Å². The molecule has 0 unspecified atom stereocenters. The standard InChI is InChI=1S/C22H25N5O4S2/c1-12-16(10-17(28)25-22-24-13(2)18(33-22)20(30)27(3)4)19(29)26-21(23-12)32-11-14-7-6-8-15(9-14)31-5/h6-9H,10-11H2,1-5H3,(H,23,26,29)(H,24,25,28). The molecular weight excluding hydrogens is 462 g/mol. The molecule has 2 aromatic heterocycles. The van der Waals surface area contributed by atoms with Crippen LogP contribution in [0.1, 0.15) is 32.2 Å². The van der Waals surface area contributed by atoms with E-state index in [2.05, 4.69) is 20.3 Å². The first-order valence-electron chi connectivity index (χ1n) is 10.0. The first kappa shape index (κ1) is 24.5. The van der Waals surface area contributed by atoms with Crippen molar-refractivity contribution in [2.45, 2.75) is 31.2 Å². The molecule has 0 radical (unpaired) electrons. The summed E-state index contributed by atoms with van der Waals surface area (Å²) < 4.78 is 5.23. The van der Waals surface area contributed by atoms with E-state index >= 15 is 0 Å². The summed E-state index contributed by atoms with van der Waals surface area (Å²) in [4.78, 5) is 50.7. The Bertz CT molecular complexity index is 1240. The van der Waals surface area contributed by atoms with Gasteiger partial charge in [0.1, 0.15) is 10.6 Å². The largest absolute Gasteiger partial charge is 0.497 e. The van der Waals surface area contributed by atoms with Gasteiger partial charge in [-0.15, -0.1) is 0 Å². The number of hydrogen-bond donors (Lipinski definition) is 2. The zero-order chi connectivity index (χ0) is 24.1.